The molecule has 27 heavy (non-hydrogen) atoms. The van der Waals surface area contributed by atoms with Gasteiger partial charge in [-0.1, -0.05) is 63.6 Å². The normalized spacial score (nSPS) is 12.7. The molecule has 0 spiro atoms. The van der Waals surface area contributed by atoms with Crippen molar-refractivity contribution in [1.29, 1.82) is 0 Å². The van der Waals surface area contributed by atoms with Crippen molar-refractivity contribution in [1.82, 2.24) is 19.1 Å². The first-order chi connectivity index (χ1) is 13.0. The van der Waals surface area contributed by atoms with E-state index in [2.05, 4.69) is 16.9 Å². The van der Waals surface area contributed by atoms with Gasteiger partial charge in [0, 0.05) is 19.3 Å². The molecule has 2 heterocycles. The Morgan fingerprint density at radius 1 is 1.11 bits per heavy atom. The Morgan fingerprint density at radius 2 is 1.74 bits per heavy atom. The van der Waals surface area contributed by atoms with E-state index < -0.39 is 17.4 Å². The molecule has 7 nitrogen and oxygen atoms in total. The summed E-state index contributed by atoms with van der Waals surface area (Å²) in [6.45, 7) is 4.63. The fraction of sp³-hybridized carbons (Fsp3) is 0.737. The van der Waals surface area contributed by atoms with Crippen LogP contribution in [0.2, 0.25) is 0 Å². The number of hydrogen-bond acceptors (Lipinski definition) is 5. The fourth-order valence-corrected chi connectivity index (χ4v) is 4.01. The molecule has 2 rings (SSSR count). The lowest BCUT2D eigenvalue weighted by Gasteiger charge is -2.09. The highest BCUT2D eigenvalue weighted by atomic mass is 32.2. The Labute approximate surface area is 164 Å². The number of imidazole rings is 1. The lowest BCUT2D eigenvalue weighted by atomic mass is 10.1. The molecule has 152 valence electrons. The van der Waals surface area contributed by atoms with Gasteiger partial charge in [0.2, 0.25) is 0 Å². The quantitative estimate of drug-likeness (QED) is 0.425. The minimum atomic E-state index is -0.464. The maximum Gasteiger partial charge on any atom is 0.329 e. The Bertz CT molecular complexity index is 838. The molecule has 0 saturated carbocycles. The van der Waals surface area contributed by atoms with Gasteiger partial charge in [-0.3, -0.25) is 14.3 Å². The van der Waals surface area contributed by atoms with Crippen LogP contribution in [0.1, 0.15) is 65.2 Å². The monoisotopic (exact) mass is 396 g/mol. The topological polar surface area (TPSA) is 92.9 Å². The van der Waals surface area contributed by atoms with Crippen molar-refractivity contribution in [3.8, 4) is 0 Å². The first-order valence-electron chi connectivity index (χ1n) is 9.96. The standard InChI is InChI=1S/C19H32N4O3S/c1-4-5-6-7-8-9-10-11-12-23-15-16(20-19(23)27-13-14(2)24)22(3)18(26)21-17(15)25/h14,24H,4-13H2,1-3H3,(H,21,25,26)/t14-/m0/s1. The van der Waals surface area contributed by atoms with Crippen LogP contribution in [0, 0.1) is 0 Å². The van der Waals surface area contributed by atoms with E-state index >= 15 is 0 Å². The molecule has 0 unspecified atom stereocenters. The number of aromatic nitrogens is 4. The molecule has 0 aliphatic rings. The number of nitrogens with one attached hydrogen (secondary N) is 1. The van der Waals surface area contributed by atoms with Gasteiger partial charge >= 0.3 is 5.69 Å². The SMILES string of the molecule is CCCCCCCCCCn1c(SC[C@H](C)O)nc2c1c(=O)[nH]c(=O)n2C. The highest BCUT2D eigenvalue weighted by molar-refractivity contribution is 7.99. The average molecular weight is 397 g/mol. The molecule has 0 aliphatic heterocycles. The predicted octanol–water partition coefficient (Wildman–Crippen LogP) is 3.04. The molecule has 0 amide bonds. The van der Waals surface area contributed by atoms with Gasteiger partial charge in [-0.05, 0) is 13.3 Å². The van der Waals surface area contributed by atoms with E-state index in [1.807, 2.05) is 4.57 Å². The van der Waals surface area contributed by atoms with Gasteiger partial charge in [0.25, 0.3) is 5.56 Å². The second-order valence-electron chi connectivity index (χ2n) is 7.17. The summed E-state index contributed by atoms with van der Waals surface area (Å²) in [4.78, 5) is 31.1. The van der Waals surface area contributed by atoms with Gasteiger partial charge < -0.3 is 9.67 Å². The van der Waals surface area contributed by atoms with E-state index in [9.17, 15) is 14.7 Å². The smallest absolute Gasteiger partial charge is 0.329 e. The maximum atomic E-state index is 12.4. The zero-order valence-electron chi connectivity index (χ0n) is 16.7. The van der Waals surface area contributed by atoms with Crippen LogP contribution in [-0.4, -0.2) is 36.1 Å². The number of rotatable bonds is 12. The first kappa shape index (κ1) is 21.8. The minimum absolute atomic E-state index is 0.399. The van der Waals surface area contributed by atoms with E-state index in [0.717, 1.165) is 12.8 Å². The number of nitrogens with zero attached hydrogens (tertiary/aromatic N) is 3. The minimum Gasteiger partial charge on any atom is -0.393 e. The molecule has 0 radical (unpaired) electrons. The molecule has 0 aromatic carbocycles. The van der Waals surface area contributed by atoms with Crippen LogP contribution < -0.4 is 11.2 Å². The Hall–Kier alpha value is -1.54. The molecule has 2 N–H and O–H groups in total. The molecule has 8 heteroatoms. The summed E-state index contributed by atoms with van der Waals surface area (Å²) in [5.74, 6) is 0.493. The number of aryl methyl sites for hydroxylation is 2. The van der Waals surface area contributed by atoms with Crippen LogP contribution >= 0.6 is 11.8 Å². The summed E-state index contributed by atoms with van der Waals surface area (Å²) in [7, 11) is 1.61. The van der Waals surface area contributed by atoms with Gasteiger partial charge in [-0.2, -0.15) is 0 Å². The number of thioether (sulfide) groups is 1. The van der Waals surface area contributed by atoms with Crippen LogP contribution in [-0.2, 0) is 13.6 Å². The van der Waals surface area contributed by atoms with Crippen molar-refractivity contribution in [3.63, 3.8) is 0 Å². The van der Waals surface area contributed by atoms with E-state index in [4.69, 9.17) is 0 Å². The van der Waals surface area contributed by atoms with Crippen LogP contribution in [0.3, 0.4) is 0 Å². The molecule has 2 aromatic rings. The number of aliphatic hydroxyl groups is 1. The fourth-order valence-electron chi connectivity index (χ4n) is 3.13. The van der Waals surface area contributed by atoms with Gasteiger partial charge in [0.15, 0.2) is 16.3 Å². The number of unbranched alkanes of at least 4 members (excludes halogenated alkanes) is 7. The second kappa shape index (κ2) is 10.7. The zero-order valence-corrected chi connectivity index (χ0v) is 17.5. The first-order valence-corrected chi connectivity index (χ1v) is 10.9. The lowest BCUT2D eigenvalue weighted by molar-refractivity contribution is 0.220. The van der Waals surface area contributed by atoms with Crippen molar-refractivity contribution >= 4 is 22.9 Å². The van der Waals surface area contributed by atoms with Crippen LogP contribution in [0.5, 0.6) is 0 Å². The molecule has 2 aromatic heterocycles. The van der Waals surface area contributed by atoms with Crippen molar-refractivity contribution in [2.24, 2.45) is 7.05 Å². The van der Waals surface area contributed by atoms with Crippen LogP contribution in [0.15, 0.2) is 14.7 Å². The summed E-state index contributed by atoms with van der Waals surface area (Å²) in [6.07, 6.45) is 9.23. The predicted molar refractivity (Wildman–Crippen MR) is 111 cm³/mol. The molecule has 0 fully saturated rings. The van der Waals surface area contributed by atoms with E-state index in [-0.39, 0.29) is 0 Å². The summed E-state index contributed by atoms with van der Waals surface area (Å²) in [5.41, 5.74) is -0.0232. The number of aromatic amines is 1. The van der Waals surface area contributed by atoms with E-state index in [1.165, 1.54) is 54.9 Å². The number of fused-ring (bicyclic) bond motifs is 1. The third-order valence-corrected chi connectivity index (χ3v) is 5.88. The third kappa shape index (κ3) is 5.97. The summed E-state index contributed by atoms with van der Waals surface area (Å²) < 4.78 is 3.27. The van der Waals surface area contributed by atoms with Gasteiger partial charge in [-0.25, -0.2) is 9.78 Å². The highest BCUT2D eigenvalue weighted by Gasteiger charge is 2.17. The van der Waals surface area contributed by atoms with Crippen LogP contribution in [0.4, 0.5) is 0 Å². The number of aliphatic hydroxyl groups excluding tert-OH is 1. The Kier molecular flexibility index (Phi) is 8.63. The molecule has 0 saturated heterocycles. The largest absolute Gasteiger partial charge is 0.393 e. The van der Waals surface area contributed by atoms with Gasteiger partial charge in [0.05, 0.1) is 6.10 Å². The molecule has 0 bridgehead atoms. The van der Waals surface area contributed by atoms with Crippen molar-refractivity contribution in [2.45, 2.75) is 83.0 Å². The summed E-state index contributed by atoms with van der Waals surface area (Å²) >= 11 is 1.42. The molecular weight excluding hydrogens is 364 g/mol. The zero-order chi connectivity index (χ0) is 19.8. The average Bonchev–Trinajstić information content (AvgIpc) is 2.99. The molecule has 1 atom stereocenters. The molecular formula is C19H32N4O3S. The van der Waals surface area contributed by atoms with Gasteiger partial charge in [0.1, 0.15) is 0 Å². The maximum absolute atomic E-state index is 12.4. The third-order valence-electron chi connectivity index (χ3n) is 4.66. The van der Waals surface area contributed by atoms with Crippen molar-refractivity contribution < 1.29 is 5.11 Å². The number of H-pyrrole nitrogens is 1. The van der Waals surface area contributed by atoms with Crippen molar-refractivity contribution in [2.75, 3.05) is 5.75 Å². The van der Waals surface area contributed by atoms with E-state index in [0.29, 0.717) is 28.6 Å². The van der Waals surface area contributed by atoms with Gasteiger partial charge in [-0.15, -0.1) is 0 Å². The highest BCUT2D eigenvalue weighted by Crippen LogP contribution is 2.23. The second-order valence-corrected chi connectivity index (χ2v) is 8.16. The molecule has 0 aliphatic carbocycles. The van der Waals surface area contributed by atoms with Crippen LogP contribution in [0.25, 0.3) is 11.2 Å². The number of hydrogen-bond donors (Lipinski definition) is 2. The Morgan fingerprint density at radius 3 is 2.37 bits per heavy atom. The Balaban J connectivity index is 2.10. The van der Waals surface area contributed by atoms with E-state index in [1.54, 1.807) is 14.0 Å². The summed E-state index contributed by atoms with van der Waals surface area (Å²) in [5, 5.41) is 10.3. The van der Waals surface area contributed by atoms with Crippen molar-refractivity contribution in [3.05, 3.63) is 20.8 Å². The summed E-state index contributed by atoms with van der Waals surface area (Å²) in [6, 6.07) is 0. The lowest BCUT2D eigenvalue weighted by Crippen LogP contribution is -2.29.